The van der Waals surface area contributed by atoms with Crippen molar-refractivity contribution in [3.05, 3.63) is 0 Å². The normalized spacial score (nSPS) is 21.5. The van der Waals surface area contributed by atoms with Gasteiger partial charge in [-0.05, 0) is 66.7 Å². The minimum absolute atomic E-state index is 0.0877. The van der Waals surface area contributed by atoms with Crippen molar-refractivity contribution in [1.29, 1.82) is 0 Å². The fraction of sp³-hybridized carbons (Fsp3) is 0.792. The van der Waals surface area contributed by atoms with Gasteiger partial charge in [-0.3, -0.25) is 4.79 Å². The Kier molecular flexibility index (Phi) is 8.98. The van der Waals surface area contributed by atoms with Crippen LogP contribution in [0.1, 0.15) is 66.7 Å². The molecule has 0 aromatic rings. The molecule has 15 heteroatoms. The first-order valence-corrected chi connectivity index (χ1v) is 12.0. The van der Waals surface area contributed by atoms with E-state index in [1.165, 1.54) is 13.8 Å². The lowest BCUT2D eigenvalue weighted by Crippen LogP contribution is -2.75. The van der Waals surface area contributed by atoms with Crippen LogP contribution in [0.5, 0.6) is 0 Å². The lowest BCUT2D eigenvalue weighted by Gasteiger charge is -2.45. The molecule has 3 atom stereocenters. The number of halogens is 5. The minimum Gasteiger partial charge on any atom is -0.458 e. The van der Waals surface area contributed by atoms with Crippen molar-refractivity contribution in [1.82, 2.24) is 0 Å². The van der Waals surface area contributed by atoms with E-state index in [0.29, 0.717) is 6.42 Å². The third-order valence-corrected chi connectivity index (χ3v) is 6.62. The number of alkyl halides is 5. The van der Waals surface area contributed by atoms with E-state index in [1.807, 2.05) is 0 Å². The van der Waals surface area contributed by atoms with E-state index in [-0.39, 0.29) is 25.7 Å². The molecule has 0 N–H and O–H groups in total. The largest absolute Gasteiger partial charge is 0.458 e. The molecule has 0 heterocycles. The number of hydrogen-bond donors (Lipinski definition) is 0. The van der Waals surface area contributed by atoms with Gasteiger partial charge >= 0.3 is 41.1 Å². The third kappa shape index (κ3) is 5.96. The van der Waals surface area contributed by atoms with Crippen molar-refractivity contribution in [2.75, 3.05) is 13.3 Å². The van der Waals surface area contributed by atoms with Crippen LogP contribution in [-0.2, 0) is 47.7 Å². The van der Waals surface area contributed by atoms with Gasteiger partial charge in [-0.15, -0.1) is 0 Å². The third-order valence-electron chi connectivity index (χ3n) is 6.62. The van der Waals surface area contributed by atoms with E-state index in [1.54, 1.807) is 0 Å². The molecule has 2 aliphatic carbocycles. The topological polar surface area (TPSA) is 132 Å². The highest BCUT2D eigenvalue weighted by Gasteiger charge is 2.88. The number of carbonyl (C=O) groups is 5. The summed E-state index contributed by atoms with van der Waals surface area (Å²) in [6.07, 6.45) is -7.35. The van der Waals surface area contributed by atoms with Crippen LogP contribution in [0.2, 0.25) is 0 Å². The molecule has 2 rings (SSSR count). The summed E-state index contributed by atoms with van der Waals surface area (Å²) in [5, 5.41) is 0. The summed E-state index contributed by atoms with van der Waals surface area (Å²) >= 11 is 0. The van der Waals surface area contributed by atoms with Crippen LogP contribution in [0, 0.1) is 5.41 Å². The van der Waals surface area contributed by atoms with Crippen LogP contribution in [0.3, 0.4) is 0 Å². The molecule has 0 bridgehead atoms. The molecule has 39 heavy (non-hydrogen) atoms. The fourth-order valence-electron chi connectivity index (χ4n) is 3.75. The highest BCUT2D eigenvalue weighted by Crippen LogP contribution is 2.53. The zero-order valence-electron chi connectivity index (χ0n) is 22.1. The van der Waals surface area contributed by atoms with Gasteiger partial charge < -0.3 is 23.7 Å². The standard InChI is InChI=1S/C24H31F5O10/c1-14(11-25)36-15(31)22(17(33)39-21(5)9-10-21,16(32)38-20(4)7-6-8-20)23(35-13-30,24(27,28)29)18(34)37-19(2,3)12-26/h13-14H,6-12H2,1-5H3. The Morgan fingerprint density at radius 3 is 1.69 bits per heavy atom. The van der Waals surface area contributed by atoms with Crippen LogP contribution in [0.25, 0.3) is 0 Å². The molecule has 0 radical (unpaired) electrons. The molecular formula is C24H31F5O10. The Bertz CT molecular complexity index is 988. The van der Waals surface area contributed by atoms with Gasteiger partial charge in [-0.25, -0.2) is 28.0 Å². The highest BCUT2D eigenvalue weighted by atomic mass is 19.4. The van der Waals surface area contributed by atoms with Crippen LogP contribution >= 0.6 is 0 Å². The van der Waals surface area contributed by atoms with Crippen LogP contribution in [-0.4, -0.2) is 78.4 Å². The molecule has 0 aliphatic heterocycles. The zero-order chi connectivity index (χ0) is 30.1. The number of ether oxygens (including phenoxy) is 5. The maximum absolute atomic E-state index is 15.1. The van der Waals surface area contributed by atoms with Gasteiger partial charge in [-0.1, -0.05) is 0 Å². The SMILES string of the molecule is CC(CF)OC(=O)C(C(=O)OC1(C)CCC1)(C(=O)OC1(C)CC1)C(OC=O)(C(=O)OC(C)(C)CF)C(F)(F)F. The maximum Gasteiger partial charge on any atom is 0.442 e. The van der Waals surface area contributed by atoms with Crippen molar-refractivity contribution < 1.29 is 69.6 Å². The van der Waals surface area contributed by atoms with Crippen molar-refractivity contribution in [2.45, 2.75) is 101 Å². The summed E-state index contributed by atoms with van der Waals surface area (Å²) in [5.74, 6) is -9.81. The van der Waals surface area contributed by atoms with E-state index in [4.69, 9.17) is 9.47 Å². The second-order valence-electron chi connectivity index (χ2n) is 10.8. The summed E-state index contributed by atoms with van der Waals surface area (Å²) < 4.78 is 95.8. The smallest absolute Gasteiger partial charge is 0.442 e. The second-order valence-corrected chi connectivity index (χ2v) is 10.8. The second kappa shape index (κ2) is 10.9. The zero-order valence-corrected chi connectivity index (χ0v) is 22.1. The summed E-state index contributed by atoms with van der Waals surface area (Å²) in [4.78, 5) is 65.8. The van der Waals surface area contributed by atoms with Gasteiger partial charge in [0, 0.05) is 0 Å². The van der Waals surface area contributed by atoms with E-state index in [0.717, 1.165) is 20.8 Å². The van der Waals surface area contributed by atoms with E-state index in [2.05, 4.69) is 14.2 Å². The summed E-state index contributed by atoms with van der Waals surface area (Å²) in [6, 6.07) is 0. The molecule has 2 saturated carbocycles. The Morgan fingerprint density at radius 2 is 1.36 bits per heavy atom. The van der Waals surface area contributed by atoms with Crippen LogP contribution in [0.4, 0.5) is 22.0 Å². The monoisotopic (exact) mass is 574 g/mol. The molecule has 0 saturated heterocycles. The van der Waals surface area contributed by atoms with Gasteiger partial charge in [0.15, 0.2) is 0 Å². The van der Waals surface area contributed by atoms with E-state index >= 15 is 13.2 Å². The number of esters is 4. The van der Waals surface area contributed by atoms with Crippen molar-refractivity contribution >= 4 is 30.3 Å². The Balaban J connectivity index is 3.00. The van der Waals surface area contributed by atoms with E-state index < -0.39 is 83.8 Å². The molecule has 0 aromatic carbocycles. The fourth-order valence-corrected chi connectivity index (χ4v) is 3.75. The first-order valence-electron chi connectivity index (χ1n) is 12.0. The number of hydrogen-bond acceptors (Lipinski definition) is 10. The summed E-state index contributed by atoms with van der Waals surface area (Å²) in [5.41, 5.74) is -15.0. The summed E-state index contributed by atoms with van der Waals surface area (Å²) in [7, 11) is 0. The average Bonchev–Trinajstić information content (AvgIpc) is 3.52. The van der Waals surface area contributed by atoms with Crippen molar-refractivity contribution in [3.8, 4) is 0 Å². The molecule has 0 amide bonds. The predicted octanol–water partition coefficient (Wildman–Crippen LogP) is 3.22. The van der Waals surface area contributed by atoms with Gasteiger partial charge in [0.25, 0.3) is 6.47 Å². The van der Waals surface area contributed by atoms with Gasteiger partial charge in [-0.2, -0.15) is 13.2 Å². The molecule has 2 fully saturated rings. The first kappa shape index (κ1) is 32.2. The molecule has 222 valence electrons. The summed E-state index contributed by atoms with van der Waals surface area (Å²) in [6.45, 7) is 1.04. The molecular weight excluding hydrogens is 543 g/mol. The van der Waals surface area contributed by atoms with Gasteiger partial charge in [0.2, 0.25) is 0 Å². The molecule has 10 nitrogen and oxygen atoms in total. The quantitative estimate of drug-likeness (QED) is 0.106. The lowest BCUT2D eigenvalue weighted by molar-refractivity contribution is -0.303. The van der Waals surface area contributed by atoms with Crippen molar-refractivity contribution in [2.24, 2.45) is 5.41 Å². The number of carbonyl (C=O) groups excluding carboxylic acids is 5. The van der Waals surface area contributed by atoms with Crippen LogP contribution < -0.4 is 0 Å². The molecule has 2 aliphatic rings. The Morgan fingerprint density at radius 1 is 0.872 bits per heavy atom. The molecule has 3 unspecified atom stereocenters. The van der Waals surface area contributed by atoms with Crippen LogP contribution in [0.15, 0.2) is 0 Å². The minimum atomic E-state index is -6.29. The Hall–Kier alpha value is -3.00. The van der Waals surface area contributed by atoms with Gasteiger partial charge in [0.05, 0.1) is 0 Å². The maximum atomic E-state index is 15.1. The lowest BCUT2D eigenvalue weighted by atomic mass is 9.69. The molecule has 0 spiro atoms. The number of rotatable bonds is 13. The molecule has 0 aromatic heterocycles. The highest BCUT2D eigenvalue weighted by molar-refractivity contribution is 6.23. The average molecular weight is 574 g/mol. The van der Waals surface area contributed by atoms with E-state index in [9.17, 15) is 32.8 Å². The predicted molar refractivity (Wildman–Crippen MR) is 118 cm³/mol. The van der Waals surface area contributed by atoms with Gasteiger partial charge in [0.1, 0.15) is 36.3 Å². The van der Waals surface area contributed by atoms with Crippen molar-refractivity contribution in [3.63, 3.8) is 0 Å². The Labute approximate surface area is 220 Å². The first-order chi connectivity index (χ1) is 17.8.